The summed E-state index contributed by atoms with van der Waals surface area (Å²) in [5.41, 5.74) is 9.34. The first-order valence-corrected chi connectivity index (χ1v) is 12.2. The van der Waals surface area contributed by atoms with Gasteiger partial charge < -0.3 is 10.1 Å². The summed E-state index contributed by atoms with van der Waals surface area (Å²) in [6.07, 6.45) is 2.97. The average Bonchev–Trinajstić information content (AvgIpc) is 3.16. The molecule has 0 heterocycles. The highest BCUT2D eigenvalue weighted by Crippen LogP contribution is 2.40. The molecule has 1 amide bonds. The molecule has 0 spiro atoms. The Bertz CT molecular complexity index is 1200. The summed E-state index contributed by atoms with van der Waals surface area (Å²) in [6.45, 7) is 4.89. The van der Waals surface area contributed by atoms with Gasteiger partial charge >= 0.3 is 5.97 Å². The third-order valence-corrected chi connectivity index (χ3v) is 6.48. The minimum atomic E-state index is -0.168. The van der Waals surface area contributed by atoms with Gasteiger partial charge in [0.05, 0.1) is 13.0 Å². The first-order chi connectivity index (χ1) is 16.4. The Balaban J connectivity index is 1.30. The number of hydrogen-bond acceptors (Lipinski definition) is 3. The van der Waals surface area contributed by atoms with Gasteiger partial charge in [-0.25, -0.2) is 0 Å². The summed E-state index contributed by atoms with van der Waals surface area (Å²) in [5.74, 6) is -0.165. The predicted molar refractivity (Wildman–Crippen MR) is 136 cm³/mol. The zero-order valence-corrected chi connectivity index (χ0v) is 20.5. The molecule has 0 fully saturated rings. The second-order valence-electron chi connectivity index (χ2n) is 8.83. The van der Waals surface area contributed by atoms with Crippen molar-refractivity contribution in [2.45, 2.75) is 46.0 Å². The number of benzene rings is 3. The van der Waals surface area contributed by atoms with Crippen molar-refractivity contribution in [3.63, 3.8) is 0 Å². The van der Waals surface area contributed by atoms with Gasteiger partial charge in [-0.2, -0.15) is 0 Å². The van der Waals surface area contributed by atoms with Gasteiger partial charge in [0.15, 0.2) is 0 Å². The summed E-state index contributed by atoms with van der Waals surface area (Å²) in [5, 5.41) is 3.71. The topological polar surface area (TPSA) is 55.4 Å². The zero-order valence-electron chi connectivity index (χ0n) is 19.7. The number of nitrogens with one attached hydrogen (secondary N) is 1. The lowest BCUT2D eigenvalue weighted by Gasteiger charge is -2.11. The van der Waals surface area contributed by atoms with Gasteiger partial charge in [0.2, 0.25) is 5.91 Å². The highest BCUT2D eigenvalue weighted by atomic mass is 35.5. The maximum Gasteiger partial charge on any atom is 0.306 e. The molecule has 0 unspecified atom stereocenters. The van der Waals surface area contributed by atoms with Crippen LogP contribution in [-0.4, -0.2) is 25.0 Å². The summed E-state index contributed by atoms with van der Waals surface area (Å²) >= 11 is 6.41. The fraction of sp³-hybridized carbons (Fsp3) is 0.310. The number of amides is 1. The van der Waals surface area contributed by atoms with Gasteiger partial charge in [0, 0.05) is 18.0 Å². The van der Waals surface area contributed by atoms with Crippen molar-refractivity contribution in [1.29, 1.82) is 0 Å². The summed E-state index contributed by atoms with van der Waals surface area (Å²) in [6, 6.07) is 18.6. The van der Waals surface area contributed by atoms with Crippen molar-refractivity contribution in [2.24, 2.45) is 0 Å². The molecule has 4 nitrogen and oxygen atoms in total. The molecule has 0 radical (unpaired) electrons. The number of hydrogen-bond donors (Lipinski definition) is 1. The number of ether oxygens (including phenoxy) is 1. The van der Waals surface area contributed by atoms with E-state index in [2.05, 4.69) is 42.6 Å². The Kier molecular flexibility index (Phi) is 7.69. The number of aryl methyl sites for hydroxylation is 2. The van der Waals surface area contributed by atoms with Crippen LogP contribution in [0.15, 0.2) is 54.6 Å². The third kappa shape index (κ3) is 5.87. The molecule has 0 saturated heterocycles. The maximum absolute atomic E-state index is 12.7. The number of halogens is 1. The van der Waals surface area contributed by atoms with Crippen LogP contribution in [0.25, 0.3) is 11.1 Å². The number of fused-ring (bicyclic) bond motifs is 3. The molecule has 1 aliphatic carbocycles. The van der Waals surface area contributed by atoms with E-state index in [9.17, 15) is 9.59 Å². The van der Waals surface area contributed by atoms with E-state index in [4.69, 9.17) is 16.3 Å². The Morgan fingerprint density at radius 2 is 1.71 bits per heavy atom. The standard InChI is InChI=1S/C29H30ClNO3/c1-3-34-29(33)11-9-20-5-7-21(8-6-20)12-13-31-28(32)17-23-15-24(30)18-27-25-14-19(2)4-10-22(25)16-26(23)27/h4-8,10,14-15,18H,3,9,11-13,16-17H2,1-2H3,(H,31,32). The molecule has 3 aromatic carbocycles. The molecule has 0 aromatic heterocycles. The molecule has 176 valence electrons. The van der Waals surface area contributed by atoms with Crippen LogP contribution in [0.5, 0.6) is 0 Å². The van der Waals surface area contributed by atoms with E-state index in [0.29, 0.717) is 37.4 Å². The highest BCUT2D eigenvalue weighted by Gasteiger charge is 2.23. The second kappa shape index (κ2) is 10.9. The molecule has 0 atom stereocenters. The Morgan fingerprint density at radius 1 is 0.971 bits per heavy atom. The summed E-state index contributed by atoms with van der Waals surface area (Å²) in [4.78, 5) is 24.2. The lowest BCUT2D eigenvalue weighted by atomic mass is 9.98. The molecular weight excluding hydrogens is 446 g/mol. The van der Waals surface area contributed by atoms with Crippen LogP contribution >= 0.6 is 11.6 Å². The van der Waals surface area contributed by atoms with Crippen LogP contribution < -0.4 is 5.32 Å². The normalized spacial score (nSPS) is 11.6. The van der Waals surface area contributed by atoms with Gasteiger partial charge in [0.1, 0.15) is 0 Å². The molecule has 0 bridgehead atoms. The third-order valence-electron chi connectivity index (χ3n) is 6.26. The SMILES string of the molecule is CCOC(=O)CCc1ccc(CCNC(=O)Cc2cc(Cl)cc3c2Cc2ccc(C)cc2-3)cc1. The smallest absolute Gasteiger partial charge is 0.306 e. The van der Waals surface area contributed by atoms with E-state index >= 15 is 0 Å². The van der Waals surface area contributed by atoms with E-state index in [-0.39, 0.29) is 11.9 Å². The van der Waals surface area contributed by atoms with Crippen molar-refractivity contribution < 1.29 is 14.3 Å². The first kappa shape index (κ1) is 24.0. The van der Waals surface area contributed by atoms with Crippen LogP contribution in [0, 0.1) is 6.92 Å². The lowest BCUT2D eigenvalue weighted by Crippen LogP contribution is -2.27. The molecule has 0 saturated carbocycles. The fourth-order valence-electron chi connectivity index (χ4n) is 4.52. The fourth-order valence-corrected chi connectivity index (χ4v) is 4.76. The van der Waals surface area contributed by atoms with Crippen molar-refractivity contribution in [3.05, 3.63) is 93.0 Å². The molecule has 1 aliphatic rings. The number of carbonyl (C=O) groups is 2. The van der Waals surface area contributed by atoms with E-state index in [0.717, 1.165) is 35.1 Å². The first-order valence-electron chi connectivity index (χ1n) is 11.8. The van der Waals surface area contributed by atoms with Gasteiger partial charge in [-0.1, -0.05) is 59.6 Å². The summed E-state index contributed by atoms with van der Waals surface area (Å²) < 4.78 is 4.97. The van der Waals surface area contributed by atoms with Crippen LogP contribution in [0.3, 0.4) is 0 Å². The van der Waals surface area contributed by atoms with Crippen molar-refractivity contribution in [2.75, 3.05) is 13.2 Å². The van der Waals surface area contributed by atoms with Crippen molar-refractivity contribution >= 4 is 23.5 Å². The summed E-state index contributed by atoms with van der Waals surface area (Å²) in [7, 11) is 0. The number of carbonyl (C=O) groups excluding carboxylic acids is 2. The van der Waals surface area contributed by atoms with E-state index < -0.39 is 0 Å². The molecule has 4 rings (SSSR count). The van der Waals surface area contributed by atoms with E-state index in [1.165, 1.54) is 22.3 Å². The molecule has 3 aromatic rings. The maximum atomic E-state index is 12.7. The Morgan fingerprint density at radius 3 is 2.44 bits per heavy atom. The minimum Gasteiger partial charge on any atom is -0.466 e. The Hall–Kier alpha value is -3.11. The van der Waals surface area contributed by atoms with Gasteiger partial charge in [-0.05, 0) is 84.2 Å². The van der Waals surface area contributed by atoms with Crippen LogP contribution in [0.2, 0.25) is 5.02 Å². The largest absolute Gasteiger partial charge is 0.466 e. The molecule has 5 heteroatoms. The molecular formula is C29H30ClNO3. The number of rotatable bonds is 9. The van der Waals surface area contributed by atoms with Crippen LogP contribution in [0.4, 0.5) is 0 Å². The minimum absolute atomic E-state index is 0.00246. The number of esters is 1. The molecule has 0 aliphatic heterocycles. The predicted octanol–water partition coefficient (Wildman–Crippen LogP) is 5.62. The highest BCUT2D eigenvalue weighted by molar-refractivity contribution is 6.31. The van der Waals surface area contributed by atoms with Gasteiger partial charge in [0.25, 0.3) is 0 Å². The van der Waals surface area contributed by atoms with Crippen molar-refractivity contribution in [3.8, 4) is 11.1 Å². The Labute approximate surface area is 206 Å². The average molecular weight is 476 g/mol. The lowest BCUT2D eigenvalue weighted by molar-refractivity contribution is -0.143. The second-order valence-corrected chi connectivity index (χ2v) is 9.26. The van der Waals surface area contributed by atoms with Gasteiger partial charge in [-0.3, -0.25) is 9.59 Å². The zero-order chi connectivity index (χ0) is 24.1. The van der Waals surface area contributed by atoms with Crippen LogP contribution in [-0.2, 0) is 40.0 Å². The van der Waals surface area contributed by atoms with Crippen molar-refractivity contribution in [1.82, 2.24) is 5.32 Å². The van der Waals surface area contributed by atoms with Gasteiger partial charge in [-0.15, -0.1) is 0 Å². The van der Waals surface area contributed by atoms with E-state index in [1.54, 1.807) is 0 Å². The van der Waals surface area contributed by atoms with Crippen LogP contribution in [0.1, 0.15) is 46.7 Å². The van der Waals surface area contributed by atoms with E-state index in [1.807, 2.05) is 31.2 Å². The molecule has 34 heavy (non-hydrogen) atoms. The monoisotopic (exact) mass is 475 g/mol. The quantitative estimate of drug-likeness (QED) is 0.320. The molecule has 1 N–H and O–H groups in total.